The van der Waals surface area contributed by atoms with Crippen LogP contribution in [0.3, 0.4) is 0 Å². The predicted molar refractivity (Wildman–Crippen MR) is 71.1 cm³/mol. The molecule has 18 heavy (non-hydrogen) atoms. The highest BCUT2D eigenvalue weighted by Crippen LogP contribution is 2.34. The van der Waals surface area contributed by atoms with Crippen molar-refractivity contribution >= 4 is 0 Å². The van der Waals surface area contributed by atoms with Gasteiger partial charge in [0.2, 0.25) is 0 Å². The standard InChI is InChI=1S/C15H18N2O/c18-11-13-10-16-17(14-8-4-5-9-14)15(13)12-6-2-1-3-7-12/h1-3,6-7,10,14,18H,4-5,8-9,11H2. The largest absolute Gasteiger partial charge is 0.392 e. The third-order valence-corrected chi connectivity index (χ3v) is 3.76. The Balaban J connectivity index is 2.07. The zero-order chi connectivity index (χ0) is 12.4. The first kappa shape index (κ1) is 11.5. The van der Waals surface area contributed by atoms with Crippen molar-refractivity contribution in [2.45, 2.75) is 38.3 Å². The molecule has 0 bridgehead atoms. The molecular formula is C15H18N2O. The number of aliphatic hydroxyl groups is 1. The molecule has 3 rings (SSSR count). The van der Waals surface area contributed by atoms with Crippen LogP contribution in [0.15, 0.2) is 36.5 Å². The number of hydrogen-bond acceptors (Lipinski definition) is 2. The SMILES string of the molecule is OCc1cnn(C2CCCC2)c1-c1ccccc1. The van der Waals surface area contributed by atoms with Gasteiger partial charge in [0, 0.05) is 11.1 Å². The minimum atomic E-state index is 0.0525. The summed E-state index contributed by atoms with van der Waals surface area (Å²) in [7, 11) is 0. The number of nitrogens with zero attached hydrogens (tertiary/aromatic N) is 2. The van der Waals surface area contributed by atoms with Crippen LogP contribution in [0.1, 0.15) is 37.3 Å². The fourth-order valence-corrected chi connectivity index (χ4v) is 2.85. The molecule has 1 aliphatic rings. The second kappa shape index (κ2) is 4.94. The first-order valence-electron chi connectivity index (χ1n) is 6.63. The topological polar surface area (TPSA) is 38.1 Å². The van der Waals surface area contributed by atoms with Gasteiger partial charge in [0.25, 0.3) is 0 Å². The molecule has 0 unspecified atom stereocenters. The lowest BCUT2D eigenvalue weighted by Crippen LogP contribution is -2.08. The molecule has 1 aliphatic carbocycles. The Bertz CT molecular complexity index is 513. The van der Waals surface area contributed by atoms with E-state index in [1.807, 2.05) is 18.2 Å². The average Bonchev–Trinajstić information content (AvgIpc) is 3.08. The lowest BCUT2D eigenvalue weighted by atomic mass is 10.1. The van der Waals surface area contributed by atoms with Gasteiger partial charge in [-0.1, -0.05) is 43.2 Å². The van der Waals surface area contributed by atoms with Crippen molar-refractivity contribution in [3.05, 3.63) is 42.1 Å². The van der Waals surface area contributed by atoms with E-state index in [0.29, 0.717) is 6.04 Å². The van der Waals surface area contributed by atoms with Gasteiger partial charge in [0.1, 0.15) is 0 Å². The molecule has 0 saturated heterocycles. The Morgan fingerprint density at radius 3 is 2.56 bits per heavy atom. The number of benzene rings is 1. The van der Waals surface area contributed by atoms with Crippen LogP contribution in [0.4, 0.5) is 0 Å². The number of rotatable bonds is 3. The van der Waals surface area contributed by atoms with Crippen molar-refractivity contribution in [2.75, 3.05) is 0 Å². The van der Waals surface area contributed by atoms with Crippen molar-refractivity contribution in [3.63, 3.8) is 0 Å². The van der Waals surface area contributed by atoms with Gasteiger partial charge >= 0.3 is 0 Å². The highest BCUT2D eigenvalue weighted by atomic mass is 16.3. The third kappa shape index (κ3) is 1.95. The van der Waals surface area contributed by atoms with Crippen LogP contribution in [0, 0.1) is 0 Å². The normalized spacial score (nSPS) is 16.3. The summed E-state index contributed by atoms with van der Waals surface area (Å²) in [4.78, 5) is 0. The van der Waals surface area contributed by atoms with E-state index in [0.717, 1.165) is 16.8 Å². The van der Waals surface area contributed by atoms with Crippen LogP contribution in [0.5, 0.6) is 0 Å². The van der Waals surface area contributed by atoms with E-state index in [1.165, 1.54) is 25.7 Å². The summed E-state index contributed by atoms with van der Waals surface area (Å²) in [6, 6.07) is 10.7. The summed E-state index contributed by atoms with van der Waals surface area (Å²) < 4.78 is 2.12. The molecule has 3 heteroatoms. The Kier molecular flexibility index (Phi) is 3.15. The van der Waals surface area contributed by atoms with E-state index in [4.69, 9.17) is 0 Å². The second-order valence-corrected chi connectivity index (χ2v) is 4.93. The summed E-state index contributed by atoms with van der Waals surface area (Å²) in [6.07, 6.45) is 6.78. The molecule has 0 amide bonds. The van der Waals surface area contributed by atoms with Crippen LogP contribution in [-0.4, -0.2) is 14.9 Å². The van der Waals surface area contributed by atoms with Gasteiger partial charge < -0.3 is 5.11 Å². The molecule has 1 N–H and O–H groups in total. The van der Waals surface area contributed by atoms with Gasteiger partial charge in [0.15, 0.2) is 0 Å². The minimum Gasteiger partial charge on any atom is -0.392 e. The first-order valence-corrected chi connectivity index (χ1v) is 6.63. The van der Waals surface area contributed by atoms with Crippen LogP contribution in [0.25, 0.3) is 11.3 Å². The van der Waals surface area contributed by atoms with E-state index in [9.17, 15) is 5.11 Å². The predicted octanol–water partition coefficient (Wildman–Crippen LogP) is 3.16. The fraction of sp³-hybridized carbons (Fsp3) is 0.400. The lowest BCUT2D eigenvalue weighted by Gasteiger charge is -2.15. The maximum absolute atomic E-state index is 9.48. The molecule has 0 aliphatic heterocycles. The van der Waals surface area contributed by atoms with Crippen LogP contribution >= 0.6 is 0 Å². The molecule has 3 nitrogen and oxygen atoms in total. The van der Waals surface area contributed by atoms with Crippen molar-refractivity contribution in [3.8, 4) is 11.3 Å². The Labute approximate surface area is 107 Å². The molecule has 0 atom stereocenters. The van der Waals surface area contributed by atoms with Gasteiger partial charge in [-0.15, -0.1) is 0 Å². The fourth-order valence-electron chi connectivity index (χ4n) is 2.85. The first-order chi connectivity index (χ1) is 8.90. The molecule has 94 valence electrons. The maximum atomic E-state index is 9.48. The van der Waals surface area contributed by atoms with Gasteiger partial charge in [-0.2, -0.15) is 5.10 Å². The van der Waals surface area contributed by atoms with Crippen molar-refractivity contribution in [2.24, 2.45) is 0 Å². The highest BCUT2D eigenvalue weighted by Gasteiger charge is 2.22. The summed E-state index contributed by atoms with van der Waals surface area (Å²) in [5.41, 5.74) is 3.16. The molecule has 1 aromatic carbocycles. The summed E-state index contributed by atoms with van der Waals surface area (Å²) in [5, 5.41) is 14.0. The second-order valence-electron chi connectivity index (χ2n) is 4.93. The summed E-state index contributed by atoms with van der Waals surface area (Å²) in [5.74, 6) is 0. The molecule has 1 aromatic heterocycles. The number of aromatic nitrogens is 2. The summed E-state index contributed by atoms with van der Waals surface area (Å²) >= 11 is 0. The number of aliphatic hydroxyl groups excluding tert-OH is 1. The van der Waals surface area contributed by atoms with Crippen LogP contribution < -0.4 is 0 Å². The van der Waals surface area contributed by atoms with Crippen LogP contribution in [-0.2, 0) is 6.61 Å². The van der Waals surface area contributed by atoms with E-state index in [1.54, 1.807) is 6.20 Å². The molecular weight excluding hydrogens is 224 g/mol. The molecule has 0 radical (unpaired) electrons. The maximum Gasteiger partial charge on any atom is 0.0740 e. The van der Waals surface area contributed by atoms with E-state index < -0.39 is 0 Å². The lowest BCUT2D eigenvalue weighted by molar-refractivity contribution is 0.282. The monoisotopic (exact) mass is 242 g/mol. The summed E-state index contributed by atoms with van der Waals surface area (Å²) in [6.45, 7) is 0.0525. The average molecular weight is 242 g/mol. The quantitative estimate of drug-likeness (QED) is 0.897. The Morgan fingerprint density at radius 2 is 1.89 bits per heavy atom. The molecule has 1 heterocycles. The van der Waals surface area contributed by atoms with Gasteiger partial charge in [0.05, 0.1) is 24.5 Å². The Hall–Kier alpha value is -1.61. The van der Waals surface area contributed by atoms with Gasteiger partial charge in [-0.05, 0) is 12.8 Å². The van der Waals surface area contributed by atoms with E-state index in [-0.39, 0.29) is 6.61 Å². The van der Waals surface area contributed by atoms with E-state index in [2.05, 4.69) is 21.9 Å². The Morgan fingerprint density at radius 1 is 1.17 bits per heavy atom. The van der Waals surface area contributed by atoms with Crippen LogP contribution in [0.2, 0.25) is 0 Å². The van der Waals surface area contributed by atoms with Crippen molar-refractivity contribution in [1.29, 1.82) is 0 Å². The zero-order valence-corrected chi connectivity index (χ0v) is 10.4. The van der Waals surface area contributed by atoms with E-state index >= 15 is 0 Å². The molecule has 1 fully saturated rings. The van der Waals surface area contributed by atoms with Gasteiger partial charge in [-0.3, -0.25) is 4.68 Å². The molecule has 1 saturated carbocycles. The zero-order valence-electron chi connectivity index (χ0n) is 10.4. The smallest absolute Gasteiger partial charge is 0.0740 e. The third-order valence-electron chi connectivity index (χ3n) is 3.76. The minimum absolute atomic E-state index is 0.0525. The van der Waals surface area contributed by atoms with Crippen molar-refractivity contribution in [1.82, 2.24) is 9.78 Å². The number of hydrogen-bond donors (Lipinski definition) is 1. The molecule has 2 aromatic rings. The van der Waals surface area contributed by atoms with Gasteiger partial charge in [-0.25, -0.2) is 0 Å². The highest BCUT2D eigenvalue weighted by molar-refractivity contribution is 5.63. The molecule has 0 spiro atoms. The van der Waals surface area contributed by atoms with Crippen molar-refractivity contribution < 1.29 is 5.11 Å².